The smallest absolute Gasteiger partial charge is 0.234 e. The average molecular weight is 588 g/mol. The van der Waals surface area contributed by atoms with Gasteiger partial charge in [-0.25, -0.2) is 10.0 Å². The van der Waals surface area contributed by atoms with Gasteiger partial charge in [-0.1, -0.05) is 94.3 Å². The number of ketones is 1. The van der Waals surface area contributed by atoms with Crippen LogP contribution in [-0.4, -0.2) is 16.5 Å². The van der Waals surface area contributed by atoms with E-state index in [4.69, 9.17) is 21.8 Å². The van der Waals surface area contributed by atoms with E-state index in [1.807, 2.05) is 101 Å². The van der Waals surface area contributed by atoms with Crippen molar-refractivity contribution < 1.29 is 4.79 Å². The van der Waals surface area contributed by atoms with E-state index in [2.05, 4.69) is 28.1 Å². The van der Waals surface area contributed by atoms with Crippen LogP contribution in [0.3, 0.4) is 0 Å². The van der Waals surface area contributed by atoms with Crippen LogP contribution in [-0.2, 0) is 9.79 Å². The Balaban J connectivity index is 1.68. The van der Waals surface area contributed by atoms with Crippen molar-refractivity contribution in [3.63, 3.8) is 0 Å². The highest BCUT2D eigenvalue weighted by Crippen LogP contribution is 2.55. The first-order chi connectivity index (χ1) is 18.0. The monoisotopic (exact) mass is 586 g/mol. The summed E-state index contributed by atoms with van der Waals surface area (Å²) < 4.78 is 0.994. The van der Waals surface area contributed by atoms with Crippen LogP contribution in [0.1, 0.15) is 23.6 Å². The predicted octanol–water partition coefficient (Wildman–Crippen LogP) is 7.64. The average Bonchev–Trinajstić information content (AvgIpc) is 3.31. The Bertz CT molecular complexity index is 1570. The number of nitrogens with zero attached hydrogens (tertiary/aromatic N) is 4. The van der Waals surface area contributed by atoms with Crippen molar-refractivity contribution in [1.29, 1.82) is 0 Å². The van der Waals surface area contributed by atoms with Crippen LogP contribution in [0.25, 0.3) is 0 Å². The summed E-state index contributed by atoms with van der Waals surface area (Å²) >= 11 is 11.6. The largest absolute Gasteiger partial charge is 0.292 e. The van der Waals surface area contributed by atoms with E-state index in [1.54, 1.807) is 0 Å². The molecule has 5 nitrogen and oxygen atoms in total. The summed E-state index contributed by atoms with van der Waals surface area (Å²) in [4.78, 5) is 11.7. The standard InChI is InChI=1S/C29H20BrClN4OS/c1-19(36)28-33-35(26-14-8-7-13-25(26)31)29(37-28)24-12-6-5-11-23(24)27(20-15-17-21(30)18-16-20)32-34(29)22-9-3-2-4-10-22/h2-18H,1H3/t29-/m0/s1. The number of thioether (sulfide) groups is 1. The molecule has 0 N–H and O–H groups in total. The number of carbonyl (C=O) groups excluding carboxylic acids is 1. The SMILES string of the molecule is CC(=O)C1=NN(c2ccccc2Cl)[C@]2(S1)c1ccccc1C(c1ccc(Br)cc1)=NN2c1ccccc1. The van der Waals surface area contributed by atoms with Crippen LogP contribution in [0.5, 0.6) is 0 Å². The predicted molar refractivity (Wildman–Crippen MR) is 156 cm³/mol. The zero-order chi connectivity index (χ0) is 25.6. The number of hydrazone groups is 2. The van der Waals surface area contributed by atoms with Gasteiger partial charge in [0.05, 0.1) is 22.1 Å². The first-order valence-electron chi connectivity index (χ1n) is 11.6. The highest BCUT2D eigenvalue weighted by Gasteiger charge is 2.56. The van der Waals surface area contributed by atoms with Crippen LogP contribution in [0.4, 0.5) is 11.4 Å². The molecule has 6 rings (SSSR count). The molecule has 4 aromatic carbocycles. The Hall–Kier alpha value is -3.39. The fraction of sp³-hybridized carbons (Fsp3) is 0.0690. The molecule has 1 atom stereocenters. The van der Waals surface area contributed by atoms with E-state index in [-0.39, 0.29) is 5.78 Å². The van der Waals surface area contributed by atoms with Crippen LogP contribution < -0.4 is 10.0 Å². The van der Waals surface area contributed by atoms with Gasteiger partial charge in [0.15, 0.2) is 10.8 Å². The third-order valence-corrected chi connectivity index (χ3v) is 8.50. The number of hydrogen-bond donors (Lipinski definition) is 0. The third kappa shape index (κ3) is 3.98. The van der Waals surface area contributed by atoms with Gasteiger partial charge in [-0.05, 0) is 48.2 Å². The number of rotatable bonds is 4. The summed E-state index contributed by atoms with van der Waals surface area (Å²) in [5.41, 5.74) is 5.26. The summed E-state index contributed by atoms with van der Waals surface area (Å²) in [5, 5.41) is 14.8. The minimum absolute atomic E-state index is 0.118. The second-order valence-electron chi connectivity index (χ2n) is 8.58. The lowest BCUT2D eigenvalue weighted by Gasteiger charge is -2.47. The van der Waals surface area contributed by atoms with E-state index in [9.17, 15) is 4.79 Å². The second kappa shape index (κ2) is 9.49. The molecule has 0 aromatic heterocycles. The lowest BCUT2D eigenvalue weighted by Crippen LogP contribution is -2.54. The van der Waals surface area contributed by atoms with Crippen molar-refractivity contribution in [1.82, 2.24) is 0 Å². The fourth-order valence-corrected chi connectivity index (χ4v) is 6.34. The molecule has 0 amide bonds. The summed E-state index contributed by atoms with van der Waals surface area (Å²) in [5.74, 6) is -0.118. The lowest BCUT2D eigenvalue weighted by atomic mass is 9.93. The number of fused-ring (bicyclic) bond motifs is 2. The van der Waals surface area contributed by atoms with E-state index in [1.165, 1.54) is 18.7 Å². The Morgan fingerprint density at radius 1 is 0.838 bits per heavy atom. The van der Waals surface area contributed by atoms with Crippen LogP contribution in [0, 0.1) is 0 Å². The van der Waals surface area contributed by atoms with Crippen LogP contribution in [0.2, 0.25) is 5.02 Å². The topological polar surface area (TPSA) is 48.3 Å². The molecule has 2 heterocycles. The molecule has 0 saturated heterocycles. The third-order valence-electron chi connectivity index (χ3n) is 6.24. The molecule has 182 valence electrons. The first kappa shape index (κ1) is 24.0. The molecule has 2 aliphatic rings. The lowest BCUT2D eigenvalue weighted by molar-refractivity contribution is -0.110. The zero-order valence-electron chi connectivity index (χ0n) is 19.7. The van der Waals surface area contributed by atoms with Gasteiger partial charge in [0.1, 0.15) is 0 Å². The van der Waals surface area contributed by atoms with E-state index < -0.39 is 4.99 Å². The van der Waals surface area contributed by atoms with Crippen LogP contribution >= 0.6 is 39.3 Å². The molecule has 0 saturated carbocycles. The minimum Gasteiger partial charge on any atom is -0.292 e. The Morgan fingerprint density at radius 2 is 1.51 bits per heavy atom. The van der Waals surface area contributed by atoms with E-state index >= 15 is 0 Å². The van der Waals surface area contributed by atoms with Gasteiger partial charge in [0.25, 0.3) is 0 Å². The van der Waals surface area contributed by atoms with Crippen molar-refractivity contribution in [3.8, 4) is 0 Å². The normalized spacial score (nSPS) is 18.5. The number of carbonyl (C=O) groups is 1. The molecule has 0 bridgehead atoms. The summed E-state index contributed by atoms with van der Waals surface area (Å²) in [7, 11) is 0. The Labute approximate surface area is 232 Å². The number of halogens is 2. The number of para-hydroxylation sites is 2. The molecule has 0 fully saturated rings. The maximum Gasteiger partial charge on any atom is 0.234 e. The number of Topliss-reactive ketones (excluding diaryl/α,β-unsaturated/α-hetero) is 1. The maximum absolute atomic E-state index is 12.7. The molecule has 37 heavy (non-hydrogen) atoms. The number of benzene rings is 4. The quantitative estimate of drug-likeness (QED) is 0.246. The molecule has 4 aromatic rings. The van der Waals surface area contributed by atoms with Crippen LogP contribution in [0.15, 0.2) is 118 Å². The molecule has 0 aliphatic carbocycles. The molecule has 1 spiro atoms. The van der Waals surface area contributed by atoms with Gasteiger partial charge in [0, 0.05) is 28.1 Å². The maximum atomic E-state index is 12.7. The highest BCUT2D eigenvalue weighted by molar-refractivity contribution is 9.10. The van der Waals surface area contributed by atoms with Crippen molar-refractivity contribution in [2.24, 2.45) is 10.2 Å². The molecule has 0 unspecified atom stereocenters. The van der Waals surface area contributed by atoms with Gasteiger partial charge < -0.3 is 0 Å². The molecule has 0 radical (unpaired) electrons. The van der Waals surface area contributed by atoms with Gasteiger partial charge >= 0.3 is 0 Å². The highest BCUT2D eigenvalue weighted by atomic mass is 79.9. The molecule has 8 heteroatoms. The van der Waals surface area contributed by atoms with Crippen molar-refractivity contribution in [3.05, 3.63) is 129 Å². The van der Waals surface area contributed by atoms with E-state index in [0.29, 0.717) is 15.8 Å². The zero-order valence-corrected chi connectivity index (χ0v) is 22.8. The number of hydrogen-bond acceptors (Lipinski definition) is 6. The van der Waals surface area contributed by atoms with Gasteiger partial charge in [-0.2, -0.15) is 10.2 Å². The van der Waals surface area contributed by atoms with E-state index in [0.717, 1.165) is 32.6 Å². The molecular weight excluding hydrogens is 568 g/mol. The molecule has 2 aliphatic heterocycles. The summed E-state index contributed by atoms with van der Waals surface area (Å²) in [6, 6.07) is 33.7. The fourth-order valence-electron chi connectivity index (χ4n) is 4.57. The van der Waals surface area contributed by atoms with Crippen molar-refractivity contribution in [2.75, 3.05) is 10.0 Å². The minimum atomic E-state index is -1.02. The second-order valence-corrected chi connectivity index (χ2v) is 11.1. The summed E-state index contributed by atoms with van der Waals surface area (Å²) in [6.07, 6.45) is 0. The van der Waals surface area contributed by atoms with Gasteiger partial charge in [0.2, 0.25) is 4.99 Å². The Morgan fingerprint density at radius 3 is 2.24 bits per heavy atom. The number of anilines is 2. The van der Waals surface area contributed by atoms with Crippen molar-refractivity contribution in [2.45, 2.75) is 11.9 Å². The Kier molecular flexibility index (Phi) is 6.15. The first-order valence-corrected chi connectivity index (χ1v) is 13.6. The van der Waals surface area contributed by atoms with Gasteiger partial charge in [-0.15, -0.1) is 0 Å². The molecular formula is C29H20BrClN4OS. The van der Waals surface area contributed by atoms with Gasteiger partial charge in [-0.3, -0.25) is 4.79 Å². The summed E-state index contributed by atoms with van der Waals surface area (Å²) in [6.45, 7) is 1.54. The van der Waals surface area contributed by atoms with Crippen molar-refractivity contribution >= 4 is 67.2 Å².